The number of amides is 1. The van der Waals surface area contributed by atoms with Gasteiger partial charge in [-0.1, -0.05) is 23.4 Å². The predicted molar refractivity (Wildman–Crippen MR) is 113 cm³/mol. The zero-order chi connectivity index (χ0) is 20.5. The first-order valence-electron chi connectivity index (χ1n) is 8.33. The van der Waals surface area contributed by atoms with Crippen molar-refractivity contribution in [2.45, 2.75) is 23.8 Å². The number of nitrogens with zero attached hydrogens (tertiary/aromatic N) is 2. The molecule has 148 valence electrons. The Labute approximate surface area is 172 Å². The zero-order valence-corrected chi connectivity index (χ0v) is 17.7. The molecule has 0 saturated carbocycles. The number of hydrogen-bond acceptors (Lipinski definition) is 7. The second-order valence-electron chi connectivity index (χ2n) is 6.66. The molecule has 0 spiro atoms. The number of sulfone groups is 1. The minimum atomic E-state index is -3.50. The summed E-state index contributed by atoms with van der Waals surface area (Å²) < 4.78 is 24.4. The monoisotopic (exact) mass is 438 g/mol. The van der Waals surface area contributed by atoms with Crippen LogP contribution in [0.1, 0.15) is 29.4 Å². The number of thioether (sulfide) groups is 1. The minimum absolute atomic E-state index is 0.0950. The van der Waals surface area contributed by atoms with Gasteiger partial charge in [0.2, 0.25) is 0 Å². The molecule has 3 N–H and O–H groups in total. The molecule has 7 nitrogen and oxygen atoms in total. The fourth-order valence-corrected chi connectivity index (χ4v) is 4.56. The number of hydrogen-bond donors (Lipinski definition) is 2. The summed E-state index contributed by atoms with van der Waals surface area (Å²) in [5, 5.41) is 3.57. The maximum atomic E-state index is 12.5. The molecule has 1 atom stereocenters. The van der Waals surface area contributed by atoms with E-state index in [0.29, 0.717) is 27.9 Å². The molecule has 1 aliphatic rings. The number of nitrogens with two attached hydrogens (primary N) is 1. The summed E-state index contributed by atoms with van der Waals surface area (Å²) in [6.45, 7) is 1.90. The van der Waals surface area contributed by atoms with Gasteiger partial charge in [-0.3, -0.25) is 9.79 Å². The van der Waals surface area contributed by atoms with Crippen LogP contribution in [0.25, 0.3) is 0 Å². The van der Waals surface area contributed by atoms with Crippen molar-refractivity contribution in [2.75, 3.05) is 17.3 Å². The molecule has 1 unspecified atom stereocenters. The van der Waals surface area contributed by atoms with Gasteiger partial charge in [-0.25, -0.2) is 13.4 Å². The summed E-state index contributed by atoms with van der Waals surface area (Å²) in [6, 6.07) is 7.76. The molecule has 2 aromatic rings. The lowest BCUT2D eigenvalue weighted by Gasteiger charge is -2.30. The molecule has 1 aromatic heterocycles. The number of aliphatic imine (C=N–C) groups is 1. The van der Waals surface area contributed by atoms with Gasteiger partial charge in [0, 0.05) is 23.9 Å². The number of halogens is 1. The topological polar surface area (TPSA) is 115 Å². The molecule has 1 amide bonds. The quantitative estimate of drug-likeness (QED) is 0.758. The Balaban J connectivity index is 2.02. The Bertz CT molecular complexity index is 1060. The van der Waals surface area contributed by atoms with Gasteiger partial charge in [0.1, 0.15) is 5.69 Å². The first-order valence-corrected chi connectivity index (χ1v) is 11.6. The van der Waals surface area contributed by atoms with Crippen molar-refractivity contribution in [1.82, 2.24) is 4.98 Å². The van der Waals surface area contributed by atoms with Crippen molar-refractivity contribution in [1.29, 1.82) is 0 Å². The molecular formula is C18H19ClN4O3S2. The standard InChI is InChI=1S/C18H19ClN4O3S2/c1-18(5-6-27-17(20)23-18)11-7-13(9-14(8-11)28(2,25)26)22-16(24)15-4-3-12(19)10-21-15/h3-4,7-10H,5-6H2,1-2H3,(H2,20,23)(H,22,24). The predicted octanol–water partition coefficient (Wildman–Crippen LogP) is 3.06. The van der Waals surface area contributed by atoms with Crippen molar-refractivity contribution in [3.8, 4) is 0 Å². The van der Waals surface area contributed by atoms with E-state index in [9.17, 15) is 13.2 Å². The van der Waals surface area contributed by atoms with Gasteiger partial charge in [0.05, 0.1) is 15.5 Å². The molecule has 10 heteroatoms. The molecule has 0 bridgehead atoms. The Morgan fingerprint density at radius 3 is 2.68 bits per heavy atom. The summed E-state index contributed by atoms with van der Waals surface area (Å²) in [6.07, 6.45) is 3.18. The van der Waals surface area contributed by atoms with Gasteiger partial charge in [-0.15, -0.1) is 0 Å². The first-order chi connectivity index (χ1) is 13.1. The average molecular weight is 439 g/mol. The highest BCUT2D eigenvalue weighted by atomic mass is 35.5. The SMILES string of the molecule is CC1(c2cc(NC(=O)c3ccc(Cl)cn3)cc(S(C)(=O)=O)c2)CCSC(N)=N1. The van der Waals surface area contributed by atoms with E-state index < -0.39 is 21.3 Å². The number of aromatic nitrogens is 1. The van der Waals surface area contributed by atoms with E-state index in [1.54, 1.807) is 18.2 Å². The Morgan fingerprint density at radius 1 is 1.32 bits per heavy atom. The summed E-state index contributed by atoms with van der Waals surface area (Å²) in [7, 11) is -3.50. The highest BCUT2D eigenvalue weighted by Gasteiger charge is 2.31. The molecular weight excluding hydrogens is 420 g/mol. The molecule has 1 aliphatic heterocycles. The summed E-state index contributed by atoms with van der Waals surface area (Å²) in [5.74, 6) is 0.298. The lowest BCUT2D eigenvalue weighted by molar-refractivity contribution is 0.102. The van der Waals surface area contributed by atoms with Crippen LogP contribution in [0, 0.1) is 0 Å². The van der Waals surface area contributed by atoms with Crippen molar-refractivity contribution >= 4 is 50.0 Å². The van der Waals surface area contributed by atoms with Crippen LogP contribution in [-0.2, 0) is 15.4 Å². The Morgan fingerprint density at radius 2 is 2.07 bits per heavy atom. The molecule has 0 radical (unpaired) electrons. The van der Waals surface area contributed by atoms with E-state index in [4.69, 9.17) is 17.3 Å². The Hall–Kier alpha value is -2.10. The van der Waals surface area contributed by atoms with Crippen LogP contribution in [-0.4, -0.2) is 36.5 Å². The van der Waals surface area contributed by atoms with Crippen molar-refractivity contribution in [3.63, 3.8) is 0 Å². The number of anilines is 1. The fourth-order valence-electron chi connectivity index (χ4n) is 2.80. The second kappa shape index (κ2) is 7.73. The fraction of sp³-hybridized carbons (Fsp3) is 0.278. The first kappa shape index (κ1) is 20.6. The third-order valence-corrected chi connectivity index (χ3v) is 6.48. The Kier molecular flexibility index (Phi) is 5.69. The number of rotatable bonds is 4. The van der Waals surface area contributed by atoms with E-state index in [1.165, 1.54) is 30.1 Å². The number of carbonyl (C=O) groups excluding carboxylic acids is 1. The van der Waals surface area contributed by atoms with E-state index >= 15 is 0 Å². The van der Waals surface area contributed by atoms with Crippen LogP contribution in [0.5, 0.6) is 0 Å². The van der Waals surface area contributed by atoms with Gasteiger partial charge in [-0.2, -0.15) is 0 Å². The summed E-state index contributed by atoms with van der Waals surface area (Å²) in [4.78, 5) is 21.1. The van der Waals surface area contributed by atoms with Crippen molar-refractivity contribution in [2.24, 2.45) is 10.7 Å². The van der Waals surface area contributed by atoms with Gasteiger partial charge >= 0.3 is 0 Å². The number of amidine groups is 1. The van der Waals surface area contributed by atoms with E-state index in [-0.39, 0.29) is 10.6 Å². The van der Waals surface area contributed by atoms with E-state index in [0.717, 1.165) is 12.0 Å². The van der Waals surface area contributed by atoms with Crippen LogP contribution in [0.4, 0.5) is 5.69 Å². The molecule has 0 aliphatic carbocycles. The van der Waals surface area contributed by atoms with Gasteiger partial charge in [0.25, 0.3) is 5.91 Å². The van der Waals surface area contributed by atoms with Crippen LogP contribution in [0.3, 0.4) is 0 Å². The number of pyridine rings is 1. The average Bonchev–Trinajstić information content (AvgIpc) is 2.61. The largest absolute Gasteiger partial charge is 0.379 e. The zero-order valence-electron chi connectivity index (χ0n) is 15.3. The number of nitrogens with one attached hydrogen (secondary N) is 1. The second-order valence-corrected chi connectivity index (χ2v) is 10.2. The van der Waals surface area contributed by atoms with Gasteiger partial charge in [-0.05, 0) is 49.2 Å². The van der Waals surface area contributed by atoms with E-state index in [2.05, 4.69) is 15.3 Å². The molecule has 28 heavy (non-hydrogen) atoms. The van der Waals surface area contributed by atoms with Crippen LogP contribution in [0.2, 0.25) is 5.02 Å². The van der Waals surface area contributed by atoms with Gasteiger partial charge in [0.15, 0.2) is 15.0 Å². The molecule has 2 heterocycles. The maximum absolute atomic E-state index is 12.5. The maximum Gasteiger partial charge on any atom is 0.274 e. The van der Waals surface area contributed by atoms with Gasteiger partial charge < -0.3 is 11.1 Å². The normalized spacial score (nSPS) is 19.8. The highest BCUT2D eigenvalue weighted by molar-refractivity contribution is 8.13. The van der Waals surface area contributed by atoms with Crippen LogP contribution >= 0.6 is 23.4 Å². The number of carbonyl (C=O) groups is 1. The smallest absolute Gasteiger partial charge is 0.274 e. The third-order valence-electron chi connectivity index (χ3n) is 4.37. The molecule has 3 rings (SSSR count). The minimum Gasteiger partial charge on any atom is -0.379 e. The highest BCUT2D eigenvalue weighted by Crippen LogP contribution is 2.37. The lowest BCUT2D eigenvalue weighted by atomic mass is 9.89. The van der Waals surface area contributed by atoms with Crippen LogP contribution < -0.4 is 11.1 Å². The molecule has 0 fully saturated rings. The lowest BCUT2D eigenvalue weighted by Crippen LogP contribution is -2.29. The van der Waals surface area contributed by atoms with Crippen molar-refractivity contribution < 1.29 is 13.2 Å². The summed E-state index contributed by atoms with van der Waals surface area (Å²) >= 11 is 7.25. The third kappa shape index (κ3) is 4.65. The molecule has 1 aromatic carbocycles. The number of benzene rings is 1. The summed E-state index contributed by atoms with van der Waals surface area (Å²) in [5.41, 5.74) is 6.38. The van der Waals surface area contributed by atoms with Crippen LogP contribution in [0.15, 0.2) is 46.4 Å². The van der Waals surface area contributed by atoms with Crippen molar-refractivity contribution in [3.05, 3.63) is 52.8 Å². The molecule has 0 saturated heterocycles. The van der Waals surface area contributed by atoms with E-state index in [1.807, 2.05) is 6.92 Å².